The fraction of sp³-hybridized carbons (Fsp3) is 0.222. The Morgan fingerprint density at radius 2 is 1.81 bits per heavy atom. The van der Waals surface area contributed by atoms with Gasteiger partial charge < -0.3 is 14.8 Å². The average molecular weight is 367 g/mol. The molecule has 0 radical (unpaired) electrons. The Balaban J connectivity index is 2.02. The van der Waals surface area contributed by atoms with Crippen LogP contribution in [0.15, 0.2) is 42.5 Å². The Labute approximate surface area is 147 Å². The lowest BCUT2D eigenvalue weighted by molar-refractivity contribution is -0.137. The molecule has 0 aliphatic carbocycles. The van der Waals surface area contributed by atoms with Gasteiger partial charge in [-0.05, 0) is 43.3 Å². The number of methoxy groups -OCH3 is 1. The number of rotatable bonds is 6. The van der Waals surface area contributed by atoms with Gasteiger partial charge in [-0.2, -0.15) is 13.2 Å². The van der Waals surface area contributed by atoms with Crippen LogP contribution in [-0.2, 0) is 11.0 Å². The molecule has 8 heteroatoms. The molecule has 1 N–H and O–H groups in total. The Hall–Kier alpha value is -3.03. The topological polar surface area (TPSA) is 64.6 Å². The third kappa shape index (κ3) is 4.98. The van der Waals surface area contributed by atoms with Crippen molar-refractivity contribution in [2.75, 3.05) is 19.0 Å². The van der Waals surface area contributed by atoms with Gasteiger partial charge in [-0.25, -0.2) is 0 Å². The van der Waals surface area contributed by atoms with Crippen LogP contribution in [0, 0.1) is 0 Å². The summed E-state index contributed by atoms with van der Waals surface area (Å²) in [4.78, 5) is 23.3. The van der Waals surface area contributed by atoms with E-state index in [4.69, 9.17) is 9.47 Å². The molecule has 0 fully saturated rings. The Morgan fingerprint density at radius 3 is 2.42 bits per heavy atom. The zero-order valence-corrected chi connectivity index (χ0v) is 14.0. The second-order valence-corrected chi connectivity index (χ2v) is 5.34. The van der Waals surface area contributed by atoms with Gasteiger partial charge >= 0.3 is 6.18 Å². The van der Waals surface area contributed by atoms with Crippen molar-refractivity contribution in [1.82, 2.24) is 0 Å². The summed E-state index contributed by atoms with van der Waals surface area (Å²) in [5.74, 6) is -0.291. The van der Waals surface area contributed by atoms with E-state index < -0.39 is 24.3 Å². The van der Waals surface area contributed by atoms with Crippen molar-refractivity contribution < 1.29 is 32.2 Å². The number of carbonyl (C=O) groups excluding carboxylic acids is 2. The molecule has 2 aromatic rings. The number of benzene rings is 2. The number of nitrogens with one attached hydrogen (secondary N) is 1. The maximum atomic E-state index is 12.7. The van der Waals surface area contributed by atoms with Gasteiger partial charge in [-0.1, -0.05) is 6.07 Å². The number of Topliss-reactive ketones (excluding diaryl/α,β-unsaturated/α-hetero) is 1. The molecule has 0 aromatic heterocycles. The van der Waals surface area contributed by atoms with E-state index in [1.807, 2.05) is 0 Å². The van der Waals surface area contributed by atoms with Crippen LogP contribution in [-0.4, -0.2) is 25.4 Å². The van der Waals surface area contributed by atoms with E-state index in [1.54, 1.807) is 0 Å². The highest BCUT2D eigenvalue weighted by atomic mass is 19.4. The molecule has 0 unspecified atom stereocenters. The van der Waals surface area contributed by atoms with Crippen molar-refractivity contribution in [1.29, 1.82) is 0 Å². The molecular weight excluding hydrogens is 351 g/mol. The third-order valence-electron chi connectivity index (χ3n) is 3.40. The van der Waals surface area contributed by atoms with Crippen LogP contribution in [0.3, 0.4) is 0 Å². The summed E-state index contributed by atoms with van der Waals surface area (Å²) in [6, 6.07) is 8.76. The zero-order chi connectivity index (χ0) is 19.3. The van der Waals surface area contributed by atoms with E-state index in [1.165, 1.54) is 44.4 Å². The van der Waals surface area contributed by atoms with E-state index in [9.17, 15) is 22.8 Å². The SMILES string of the molecule is COc1cc(C(C)=O)ccc1OCC(=O)Nc1cccc(C(F)(F)F)c1. The number of halogens is 3. The molecule has 0 bridgehead atoms. The van der Waals surface area contributed by atoms with Crippen LogP contribution < -0.4 is 14.8 Å². The second kappa shape index (κ2) is 7.90. The normalized spacial score (nSPS) is 11.0. The summed E-state index contributed by atoms with van der Waals surface area (Å²) in [6.45, 7) is 0.962. The Morgan fingerprint density at radius 1 is 1.08 bits per heavy atom. The number of ketones is 1. The number of hydrogen-bond donors (Lipinski definition) is 1. The predicted molar refractivity (Wildman–Crippen MR) is 88.6 cm³/mol. The van der Waals surface area contributed by atoms with E-state index >= 15 is 0 Å². The molecule has 0 spiro atoms. The first-order valence-electron chi connectivity index (χ1n) is 7.49. The van der Waals surface area contributed by atoms with Crippen molar-refractivity contribution in [3.63, 3.8) is 0 Å². The summed E-state index contributed by atoms with van der Waals surface area (Å²) < 4.78 is 48.4. The maximum Gasteiger partial charge on any atom is 0.416 e. The number of anilines is 1. The standard InChI is InChI=1S/C18H16F3NO4/c1-11(23)12-6-7-15(16(8-12)25-2)26-10-17(24)22-14-5-3-4-13(9-14)18(19,20)21/h3-9H,10H2,1-2H3,(H,22,24). The molecule has 2 rings (SSSR count). The van der Waals surface area contributed by atoms with E-state index in [0.29, 0.717) is 5.56 Å². The van der Waals surface area contributed by atoms with Gasteiger partial charge in [0.15, 0.2) is 23.9 Å². The third-order valence-corrected chi connectivity index (χ3v) is 3.40. The minimum atomic E-state index is -4.50. The molecule has 0 saturated heterocycles. The molecule has 1 amide bonds. The number of alkyl halides is 3. The largest absolute Gasteiger partial charge is 0.493 e. The fourth-order valence-electron chi connectivity index (χ4n) is 2.12. The molecule has 0 aliphatic rings. The molecule has 26 heavy (non-hydrogen) atoms. The second-order valence-electron chi connectivity index (χ2n) is 5.34. The van der Waals surface area contributed by atoms with Crippen molar-refractivity contribution in [3.05, 3.63) is 53.6 Å². The van der Waals surface area contributed by atoms with Gasteiger partial charge in [0.1, 0.15) is 0 Å². The Kier molecular flexibility index (Phi) is 5.86. The first-order valence-corrected chi connectivity index (χ1v) is 7.49. The molecule has 0 heterocycles. The smallest absolute Gasteiger partial charge is 0.416 e. The van der Waals surface area contributed by atoms with Crippen LogP contribution in [0.4, 0.5) is 18.9 Å². The lowest BCUT2D eigenvalue weighted by Crippen LogP contribution is -2.20. The molecular formula is C18H16F3NO4. The van der Waals surface area contributed by atoms with Crippen LogP contribution >= 0.6 is 0 Å². The maximum absolute atomic E-state index is 12.7. The highest BCUT2D eigenvalue weighted by Gasteiger charge is 2.30. The van der Waals surface area contributed by atoms with Crippen LogP contribution in [0.25, 0.3) is 0 Å². The molecule has 2 aromatic carbocycles. The Bertz CT molecular complexity index is 818. The van der Waals surface area contributed by atoms with Crippen LogP contribution in [0.5, 0.6) is 11.5 Å². The van der Waals surface area contributed by atoms with Crippen molar-refractivity contribution >= 4 is 17.4 Å². The van der Waals surface area contributed by atoms with Gasteiger partial charge in [0.25, 0.3) is 5.91 Å². The fourth-order valence-corrected chi connectivity index (χ4v) is 2.12. The molecule has 0 aliphatic heterocycles. The summed E-state index contributed by atoms with van der Waals surface area (Å²) >= 11 is 0. The zero-order valence-electron chi connectivity index (χ0n) is 14.0. The van der Waals surface area contributed by atoms with E-state index in [-0.39, 0.29) is 23.0 Å². The first kappa shape index (κ1) is 19.3. The molecule has 5 nitrogen and oxygen atoms in total. The number of hydrogen-bond acceptors (Lipinski definition) is 4. The summed E-state index contributed by atoms with van der Waals surface area (Å²) in [5, 5.41) is 2.33. The van der Waals surface area contributed by atoms with Crippen molar-refractivity contribution in [2.24, 2.45) is 0 Å². The van der Waals surface area contributed by atoms with Gasteiger partial charge in [0.05, 0.1) is 12.7 Å². The number of amides is 1. The van der Waals surface area contributed by atoms with E-state index in [0.717, 1.165) is 12.1 Å². The number of carbonyl (C=O) groups is 2. The minimum absolute atomic E-state index is 0.00678. The quantitative estimate of drug-likeness (QED) is 0.786. The van der Waals surface area contributed by atoms with Crippen molar-refractivity contribution in [3.8, 4) is 11.5 Å². The average Bonchev–Trinajstić information content (AvgIpc) is 2.59. The lowest BCUT2D eigenvalue weighted by Gasteiger charge is -2.12. The highest BCUT2D eigenvalue weighted by Crippen LogP contribution is 2.31. The molecule has 138 valence electrons. The molecule has 0 saturated carbocycles. The van der Waals surface area contributed by atoms with Gasteiger partial charge in [0, 0.05) is 11.3 Å². The summed E-state index contributed by atoms with van der Waals surface area (Å²) in [6.07, 6.45) is -4.50. The lowest BCUT2D eigenvalue weighted by atomic mass is 10.1. The minimum Gasteiger partial charge on any atom is -0.493 e. The van der Waals surface area contributed by atoms with E-state index in [2.05, 4.69) is 5.32 Å². The van der Waals surface area contributed by atoms with Crippen LogP contribution in [0.1, 0.15) is 22.8 Å². The summed E-state index contributed by atoms with van der Waals surface area (Å²) in [7, 11) is 1.38. The monoisotopic (exact) mass is 367 g/mol. The summed E-state index contributed by atoms with van der Waals surface area (Å²) in [5.41, 5.74) is -0.437. The first-order chi connectivity index (χ1) is 12.2. The predicted octanol–water partition coefficient (Wildman–Crippen LogP) is 3.93. The molecule has 0 atom stereocenters. The van der Waals surface area contributed by atoms with Crippen molar-refractivity contribution in [2.45, 2.75) is 13.1 Å². The highest BCUT2D eigenvalue weighted by molar-refractivity contribution is 5.95. The van der Waals surface area contributed by atoms with Gasteiger partial charge in [0.2, 0.25) is 0 Å². The number of ether oxygens (including phenoxy) is 2. The van der Waals surface area contributed by atoms with Gasteiger partial charge in [-0.3, -0.25) is 9.59 Å². The van der Waals surface area contributed by atoms with Crippen LogP contribution in [0.2, 0.25) is 0 Å². The van der Waals surface area contributed by atoms with Gasteiger partial charge in [-0.15, -0.1) is 0 Å².